The van der Waals surface area contributed by atoms with E-state index in [1.54, 1.807) is 0 Å². The minimum Gasteiger partial charge on any atom is -0.310 e. The lowest BCUT2D eigenvalue weighted by Crippen LogP contribution is -2.11. The van der Waals surface area contributed by atoms with Gasteiger partial charge in [-0.25, -0.2) is 0 Å². The van der Waals surface area contributed by atoms with Crippen molar-refractivity contribution in [2.45, 2.75) is 26.2 Å². The zero-order valence-electron chi connectivity index (χ0n) is 28.9. The molecule has 0 aliphatic rings. The van der Waals surface area contributed by atoms with Crippen LogP contribution in [-0.4, -0.2) is 4.57 Å². The van der Waals surface area contributed by atoms with Gasteiger partial charge in [0, 0.05) is 53.4 Å². The highest BCUT2D eigenvalue weighted by atomic mass is 32.1. The number of para-hydroxylation sites is 2. The van der Waals surface area contributed by atoms with E-state index in [-0.39, 0.29) is 5.41 Å². The third kappa shape index (κ3) is 4.69. The lowest BCUT2D eigenvalue weighted by atomic mass is 9.87. The summed E-state index contributed by atoms with van der Waals surface area (Å²) in [6.07, 6.45) is 0. The van der Waals surface area contributed by atoms with Gasteiger partial charge < -0.3 is 9.47 Å². The van der Waals surface area contributed by atoms with Crippen LogP contribution in [-0.2, 0) is 5.41 Å². The number of nitrogens with zero attached hydrogens (tertiary/aromatic N) is 2. The van der Waals surface area contributed by atoms with Crippen molar-refractivity contribution in [1.29, 1.82) is 0 Å². The van der Waals surface area contributed by atoms with Gasteiger partial charge in [-0.1, -0.05) is 124 Å². The Labute approximate surface area is 301 Å². The number of hydrogen-bond donors (Lipinski definition) is 0. The molecular formula is C48H36N2S. The number of anilines is 3. The van der Waals surface area contributed by atoms with Crippen molar-refractivity contribution >= 4 is 91.9 Å². The Morgan fingerprint density at radius 2 is 1.12 bits per heavy atom. The topological polar surface area (TPSA) is 8.17 Å². The minimum atomic E-state index is 0.103. The molecule has 0 unspecified atom stereocenters. The summed E-state index contributed by atoms with van der Waals surface area (Å²) in [6, 6.07) is 60.5. The molecule has 0 aliphatic heterocycles. The van der Waals surface area contributed by atoms with Crippen LogP contribution in [0.4, 0.5) is 17.1 Å². The minimum absolute atomic E-state index is 0.103. The quantitative estimate of drug-likeness (QED) is 0.181. The van der Waals surface area contributed by atoms with E-state index in [0.29, 0.717) is 0 Å². The van der Waals surface area contributed by atoms with Crippen molar-refractivity contribution in [2.75, 3.05) is 4.90 Å². The van der Waals surface area contributed by atoms with Crippen molar-refractivity contribution in [3.8, 4) is 5.69 Å². The van der Waals surface area contributed by atoms with Gasteiger partial charge in [-0.2, -0.15) is 0 Å². The highest BCUT2D eigenvalue weighted by Gasteiger charge is 2.22. The molecular weight excluding hydrogens is 637 g/mol. The average Bonchev–Trinajstić information content (AvgIpc) is 3.71. The van der Waals surface area contributed by atoms with Crippen LogP contribution in [0.25, 0.3) is 69.2 Å². The molecule has 0 saturated carbocycles. The molecule has 0 saturated heterocycles. The summed E-state index contributed by atoms with van der Waals surface area (Å²) in [7, 11) is 0. The van der Waals surface area contributed by atoms with Crippen molar-refractivity contribution in [3.05, 3.63) is 169 Å². The Morgan fingerprint density at radius 3 is 1.90 bits per heavy atom. The molecule has 51 heavy (non-hydrogen) atoms. The van der Waals surface area contributed by atoms with E-state index in [0.717, 1.165) is 11.4 Å². The SMILES string of the molecule is CC(C)(C)c1ccc(-n2c3ccccc3c3cc(N(c4ccccc4)c4cc5sc6ccc7ccccc7c6c5c5ccccc45)ccc32)cc1. The summed E-state index contributed by atoms with van der Waals surface area (Å²) in [5.74, 6) is 0. The van der Waals surface area contributed by atoms with Gasteiger partial charge in [0.25, 0.3) is 0 Å². The Kier molecular flexibility index (Phi) is 6.65. The Bertz CT molecular complexity index is 2940. The van der Waals surface area contributed by atoms with Crippen molar-refractivity contribution in [2.24, 2.45) is 0 Å². The average molecular weight is 673 g/mol. The fraction of sp³-hybridized carbons (Fsp3) is 0.0833. The molecule has 2 nitrogen and oxygen atoms in total. The predicted molar refractivity (Wildman–Crippen MR) is 222 cm³/mol. The van der Waals surface area contributed by atoms with E-state index in [1.807, 2.05) is 11.3 Å². The lowest BCUT2D eigenvalue weighted by molar-refractivity contribution is 0.590. The molecule has 10 aromatic rings. The van der Waals surface area contributed by atoms with E-state index in [4.69, 9.17) is 0 Å². The van der Waals surface area contributed by atoms with Gasteiger partial charge in [0.15, 0.2) is 0 Å². The van der Waals surface area contributed by atoms with E-state index >= 15 is 0 Å². The second-order valence-electron chi connectivity index (χ2n) is 14.6. The summed E-state index contributed by atoms with van der Waals surface area (Å²) in [4.78, 5) is 2.45. The fourth-order valence-corrected chi connectivity index (χ4v) is 9.23. The van der Waals surface area contributed by atoms with E-state index < -0.39 is 0 Å². The van der Waals surface area contributed by atoms with Crippen molar-refractivity contribution in [1.82, 2.24) is 4.57 Å². The van der Waals surface area contributed by atoms with Crippen molar-refractivity contribution < 1.29 is 0 Å². The molecule has 0 spiro atoms. The second-order valence-corrected chi connectivity index (χ2v) is 15.7. The van der Waals surface area contributed by atoms with Crippen LogP contribution >= 0.6 is 11.3 Å². The van der Waals surface area contributed by atoms with Crippen LogP contribution in [0.1, 0.15) is 26.3 Å². The highest BCUT2D eigenvalue weighted by Crippen LogP contribution is 2.48. The third-order valence-corrected chi connectivity index (χ3v) is 11.6. The first-order valence-corrected chi connectivity index (χ1v) is 18.5. The smallest absolute Gasteiger partial charge is 0.0554 e. The van der Waals surface area contributed by atoms with Gasteiger partial charge in [0.05, 0.1) is 16.7 Å². The van der Waals surface area contributed by atoms with Gasteiger partial charge in [0.1, 0.15) is 0 Å². The monoisotopic (exact) mass is 672 g/mol. The summed E-state index contributed by atoms with van der Waals surface area (Å²) in [6.45, 7) is 6.81. The van der Waals surface area contributed by atoms with Gasteiger partial charge in [-0.3, -0.25) is 0 Å². The van der Waals surface area contributed by atoms with Crippen LogP contribution < -0.4 is 4.90 Å². The molecule has 0 atom stereocenters. The first-order valence-electron chi connectivity index (χ1n) is 17.7. The summed E-state index contributed by atoms with van der Waals surface area (Å²) in [5.41, 5.74) is 8.48. The molecule has 2 aromatic heterocycles. The molecule has 10 rings (SSSR count). The fourth-order valence-electron chi connectivity index (χ4n) is 8.06. The molecule has 8 aromatic carbocycles. The Balaban J connectivity index is 1.23. The number of thiophene rings is 1. The van der Waals surface area contributed by atoms with Crippen LogP contribution in [0.3, 0.4) is 0 Å². The number of benzene rings is 8. The molecule has 0 radical (unpaired) electrons. The second kappa shape index (κ2) is 11.3. The first-order chi connectivity index (χ1) is 24.9. The standard InChI is InChI=1S/C48H36N2S/c1-48(2,3)32-22-24-34(25-23-32)50-41-20-12-11-18-38(41)40-29-35(26-27-42(40)50)49(33-14-5-4-6-15-33)43-30-45-47(39-19-10-9-17-37(39)43)46-36-16-8-7-13-31(36)21-28-44(46)51-45/h4-30H,1-3H3. The van der Waals surface area contributed by atoms with Crippen molar-refractivity contribution in [3.63, 3.8) is 0 Å². The molecule has 0 aliphatic carbocycles. The van der Waals surface area contributed by atoms with Gasteiger partial charge >= 0.3 is 0 Å². The van der Waals surface area contributed by atoms with Crippen LogP contribution in [0.5, 0.6) is 0 Å². The normalized spacial score (nSPS) is 12.2. The molecule has 0 N–H and O–H groups in total. The molecule has 244 valence electrons. The number of rotatable bonds is 4. The maximum atomic E-state index is 2.45. The Morgan fingerprint density at radius 1 is 0.471 bits per heavy atom. The summed E-state index contributed by atoms with van der Waals surface area (Å²) < 4.78 is 5.03. The van der Waals surface area contributed by atoms with E-state index in [2.05, 4.69) is 194 Å². The van der Waals surface area contributed by atoms with E-state index in [9.17, 15) is 0 Å². The first kappa shape index (κ1) is 30.0. The van der Waals surface area contributed by atoms with Gasteiger partial charge in [0.2, 0.25) is 0 Å². The number of aromatic nitrogens is 1. The predicted octanol–water partition coefficient (Wildman–Crippen LogP) is 14.2. The lowest BCUT2D eigenvalue weighted by Gasteiger charge is -2.27. The summed E-state index contributed by atoms with van der Waals surface area (Å²) >= 11 is 1.89. The Hall–Kier alpha value is -5.90. The third-order valence-electron chi connectivity index (χ3n) is 10.5. The highest BCUT2D eigenvalue weighted by molar-refractivity contribution is 7.26. The maximum Gasteiger partial charge on any atom is 0.0554 e. The number of hydrogen-bond acceptors (Lipinski definition) is 2. The molecule has 3 heteroatoms. The van der Waals surface area contributed by atoms with Crippen LogP contribution in [0.2, 0.25) is 0 Å². The van der Waals surface area contributed by atoms with Crippen LogP contribution in [0.15, 0.2) is 164 Å². The molecule has 0 bridgehead atoms. The van der Waals surface area contributed by atoms with Gasteiger partial charge in [-0.05, 0) is 87.8 Å². The van der Waals surface area contributed by atoms with Gasteiger partial charge in [-0.15, -0.1) is 11.3 Å². The largest absolute Gasteiger partial charge is 0.310 e. The molecule has 0 amide bonds. The molecule has 0 fully saturated rings. The number of fused-ring (bicyclic) bond motifs is 10. The maximum absolute atomic E-state index is 2.45. The molecule has 2 heterocycles. The van der Waals surface area contributed by atoms with E-state index in [1.165, 1.54) is 80.5 Å². The zero-order chi connectivity index (χ0) is 34.3. The zero-order valence-corrected chi connectivity index (χ0v) is 29.7. The van der Waals surface area contributed by atoms with Crippen LogP contribution in [0, 0.1) is 0 Å². The summed E-state index contributed by atoms with van der Waals surface area (Å²) in [5, 5.41) is 10.3.